The average molecular weight is 282 g/mol. The molecule has 1 aliphatic carbocycles. The lowest BCUT2D eigenvalue weighted by Gasteiger charge is -2.31. The number of carbonyl (C=O) groups is 1. The van der Waals surface area contributed by atoms with Crippen molar-refractivity contribution in [2.45, 2.75) is 44.1 Å². The van der Waals surface area contributed by atoms with Crippen LogP contribution in [0.3, 0.4) is 0 Å². The van der Waals surface area contributed by atoms with Crippen LogP contribution in [-0.4, -0.2) is 18.5 Å². The molecule has 110 valence electrons. The molecule has 3 nitrogen and oxygen atoms in total. The van der Waals surface area contributed by atoms with Crippen LogP contribution >= 0.6 is 0 Å². The van der Waals surface area contributed by atoms with Crippen LogP contribution < -0.4 is 11.1 Å². The zero-order valence-corrected chi connectivity index (χ0v) is 11.6. The number of halogens is 2. The molecule has 3 N–H and O–H groups in total. The molecule has 1 aromatic rings. The Morgan fingerprint density at radius 1 is 1.35 bits per heavy atom. The van der Waals surface area contributed by atoms with E-state index in [4.69, 9.17) is 5.73 Å². The largest absolute Gasteiger partial charge is 0.354 e. The summed E-state index contributed by atoms with van der Waals surface area (Å²) in [6, 6.07) is 3.27. The van der Waals surface area contributed by atoms with Crippen molar-refractivity contribution in [2.24, 2.45) is 5.73 Å². The molecule has 20 heavy (non-hydrogen) atoms. The van der Waals surface area contributed by atoms with Gasteiger partial charge < -0.3 is 11.1 Å². The first-order valence-electron chi connectivity index (χ1n) is 6.94. The monoisotopic (exact) mass is 282 g/mol. The fourth-order valence-electron chi connectivity index (χ4n) is 2.99. The highest BCUT2D eigenvalue weighted by atomic mass is 19.1. The summed E-state index contributed by atoms with van der Waals surface area (Å²) in [5.74, 6) is -1.38. The quantitative estimate of drug-likeness (QED) is 0.890. The summed E-state index contributed by atoms with van der Waals surface area (Å²) in [5.41, 5.74) is 4.95. The van der Waals surface area contributed by atoms with Gasteiger partial charge in [0.1, 0.15) is 11.6 Å². The fourth-order valence-corrected chi connectivity index (χ4v) is 2.99. The maximum Gasteiger partial charge on any atom is 0.236 e. The fraction of sp³-hybridized carbons (Fsp3) is 0.533. The molecule has 1 amide bonds. The molecule has 2 rings (SSSR count). The van der Waals surface area contributed by atoms with E-state index in [1.54, 1.807) is 6.92 Å². The summed E-state index contributed by atoms with van der Waals surface area (Å²) in [4.78, 5) is 11.6. The Morgan fingerprint density at radius 3 is 2.40 bits per heavy atom. The minimum atomic E-state index is -0.653. The maximum absolute atomic E-state index is 14.1. The zero-order chi connectivity index (χ0) is 14.8. The molecule has 0 bridgehead atoms. The molecule has 0 radical (unpaired) electrons. The van der Waals surface area contributed by atoms with Gasteiger partial charge in [0.25, 0.3) is 0 Å². The van der Waals surface area contributed by atoms with Crippen LogP contribution in [0.4, 0.5) is 8.78 Å². The van der Waals surface area contributed by atoms with Crippen molar-refractivity contribution in [2.75, 3.05) is 6.54 Å². The molecular formula is C15H20F2N2O. The molecule has 0 heterocycles. The normalized spacial score (nSPS) is 18.8. The predicted molar refractivity (Wildman–Crippen MR) is 73.2 cm³/mol. The number of hydrogen-bond acceptors (Lipinski definition) is 2. The first-order chi connectivity index (χ1) is 9.46. The molecule has 1 saturated carbocycles. The third-order valence-corrected chi connectivity index (χ3v) is 4.07. The first-order valence-corrected chi connectivity index (χ1v) is 6.94. The minimum Gasteiger partial charge on any atom is -0.354 e. The second kappa shape index (κ2) is 5.87. The third kappa shape index (κ3) is 2.82. The Hall–Kier alpha value is -1.49. The van der Waals surface area contributed by atoms with Gasteiger partial charge in [0.05, 0.1) is 6.04 Å². The standard InChI is InChI=1S/C15H20F2N2O/c1-10(18)14(20)19-9-15(7-2-3-8-15)13-11(16)5-4-6-12(13)17/h4-6,10H,2-3,7-9,18H2,1H3,(H,19,20)/t10-/m0/s1. The molecule has 0 unspecified atom stereocenters. The van der Waals surface area contributed by atoms with Crippen LogP contribution in [0.1, 0.15) is 38.2 Å². The molecule has 1 aromatic carbocycles. The summed E-state index contributed by atoms with van der Waals surface area (Å²) in [5, 5.41) is 2.72. The molecule has 1 fully saturated rings. The highest BCUT2D eigenvalue weighted by Gasteiger charge is 2.40. The van der Waals surface area contributed by atoms with Crippen molar-refractivity contribution in [3.05, 3.63) is 35.4 Å². The van der Waals surface area contributed by atoms with E-state index in [2.05, 4.69) is 5.32 Å². The first kappa shape index (κ1) is 14.9. The van der Waals surface area contributed by atoms with Gasteiger partial charge in [0.2, 0.25) is 5.91 Å². The summed E-state index contributed by atoms with van der Waals surface area (Å²) in [6.45, 7) is 1.81. The highest BCUT2D eigenvalue weighted by Crippen LogP contribution is 2.42. The molecule has 0 aromatic heterocycles. The van der Waals surface area contributed by atoms with Gasteiger partial charge in [-0.1, -0.05) is 18.9 Å². The third-order valence-electron chi connectivity index (χ3n) is 4.07. The van der Waals surface area contributed by atoms with Crippen molar-refractivity contribution in [1.29, 1.82) is 0 Å². The van der Waals surface area contributed by atoms with Crippen LogP contribution in [0, 0.1) is 11.6 Å². The number of hydrogen-bond donors (Lipinski definition) is 2. The molecule has 5 heteroatoms. The topological polar surface area (TPSA) is 55.1 Å². The Kier molecular flexibility index (Phi) is 4.38. The SMILES string of the molecule is C[C@H](N)C(=O)NCC1(c2c(F)cccc2F)CCCC1. The van der Waals surface area contributed by atoms with Crippen LogP contribution in [0.5, 0.6) is 0 Å². The van der Waals surface area contributed by atoms with Gasteiger partial charge in [-0.25, -0.2) is 8.78 Å². The molecule has 0 aliphatic heterocycles. The van der Waals surface area contributed by atoms with E-state index >= 15 is 0 Å². The van der Waals surface area contributed by atoms with Crippen LogP contribution in [0.2, 0.25) is 0 Å². The van der Waals surface area contributed by atoms with E-state index in [0.717, 1.165) is 12.8 Å². The maximum atomic E-state index is 14.1. The summed E-state index contributed by atoms with van der Waals surface area (Å²) < 4.78 is 28.1. The van der Waals surface area contributed by atoms with E-state index in [0.29, 0.717) is 12.8 Å². The van der Waals surface area contributed by atoms with Crippen molar-refractivity contribution < 1.29 is 13.6 Å². The Balaban J connectivity index is 2.28. The second-order valence-corrected chi connectivity index (χ2v) is 5.59. The Bertz CT molecular complexity index is 476. The molecule has 1 aliphatic rings. The van der Waals surface area contributed by atoms with Gasteiger partial charge in [0.15, 0.2) is 0 Å². The molecular weight excluding hydrogens is 262 g/mol. The van der Waals surface area contributed by atoms with Gasteiger partial charge >= 0.3 is 0 Å². The van der Waals surface area contributed by atoms with Gasteiger partial charge in [-0.2, -0.15) is 0 Å². The number of benzene rings is 1. The lowest BCUT2D eigenvalue weighted by molar-refractivity contribution is -0.122. The van der Waals surface area contributed by atoms with E-state index in [1.807, 2.05) is 0 Å². The molecule has 0 spiro atoms. The van der Waals surface area contributed by atoms with E-state index in [-0.39, 0.29) is 18.0 Å². The number of carbonyl (C=O) groups excluding carboxylic acids is 1. The molecule has 0 saturated heterocycles. The summed E-state index contributed by atoms with van der Waals surface area (Å²) >= 11 is 0. The van der Waals surface area contributed by atoms with Crippen LogP contribution in [0.25, 0.3) is 0 Å². The zero-order valence-electron chi connectivity index (χ0n) is 11.6. The van der Waals surface area contributed by atoms with E-state index in [9.17, 15) is 13.6 Å². The molecule has 1 atom stereocenters. The van der Waals surface area contributed by atoms with Gasteiger partial charge in [-0.15, -0.1) is 0 Å². The van der Waals surface area contributed by atoms with Crippen molar-refractivity contribution in [3.8, 4) is 0 Å². The second-order valence-electron chi connectivity index (χ2n) is 5.59. The van der Waals surface area contributed by atoms with Crippen LogP contribution in [0.15, 0.2) is 18.2 Å². The lowest BCUT2D eigenvalue weighted by Crippen LogP contribution is -2.45. The highest BCUT2D eigenvalue weighted by molar-refractivity contribution is 5.81. The van der Waals surface area contributed by atoms with E-state index in [1.165, 1.54) is 18.2 Å². The van der Waals surface area contributed by atoms with E-state index < -0.39 is 23.1 Å². The van der Waals surface area contributed by atoms with Gasteiger partial charge in [0, 0.05) is 17.5 Å². The van der Waals surface area contributed by atoms with Crippen molar-refractivity contribution in [3.63, 3.8) is 0 Å². The smallest absolute Gasteiger partial charge is 0.236 e. The Morgan fingerprint density at radius 2 is 1.90 bits per heavy atom. The summed E-state index contributed by atoms with van der Waals surface area (Å²) in [6.07, 6.45) is 3.15. The lowest BCUT2D eigenvalue weighted by atomic mass is 9.78. The minimum absolute atomic E-state index is 0.0995. The van der Waals surface area contributed by atoms with Crippen LogP contribution in [-0.2, 0) is 10.2 Å². The van der Waals surface area contributed by atoms with Gasteiger partial charge in [-0.05, 0) is 31.9 Å². The predicted octanol–water partition coefficient (Wildman–Crippen LogP) is 2.24. The number of nitrogens with two attached hydrogens (primary N) is 1. The van der Waals surface area contributed by atoms with Crippen molar-refractivity contribution >= 4 is 5.91 Å². The van der Waals surface area contributed by atoms with Crippen molar-refractivity contribution in [1.82, 2.24) is 5.32 Å². The Labute approximate surface area is 117 Å². The summed E-state index contributed by atoms with van der Waals surface area (Å²) in [7, 11) is 0. The number of rotatable bonds is 4. The number of amides is 1. The average Bonchev–Trinajstić information content (AvgIpc) is 2.85. The van der Waals surface area contributed by atoms with Gasteiger partial charge in [-0.3, -0.25) is 4.79 Å². The number of nitrogens with one attached hydrogen (secondary N) is 1.